The Balaban J connectivity index is 1.87. The first-order valence-corrected chi connectivity index (χ1v) is 7.77. The van der Waals surface area contributed by atoms with Crippen molar-refractivity contribution in [1.29, 1.82) is 0 Å². The minimum atomic E-state index is 0.313. The number of aromatic nitrogens is 1. The molecule has 3 N–H and O–H groups in total. The van der Waals surface area contributed by atoms with Crippen LogP contribution < -0.4 is 11.1 Å². The maximum Gasteiger partial charge on any atom is 0.126 e. The molecular formula is C16H23N3S. The van der Waals surface area contributed by atoms with E-state index >= 15 is 0 Å². The smallest absolute Gasteiger partial charge is 0.126 e. The Morgan fingerprint density at radius 1 is 1.40 bits per heavy atom. The first-order chi connectivity index (χ1) is 9.33. The fourth-order valence-corrected chi connectivity index (χ4v) is 4.58. The van der Waals surface area contributed by atoms with Gasteiger partial charge in [-0.1, -0.05) is 39.1 Å². The van der Waals surface area contributed by atoms with Crippen LogP contribution in [0.5, 0.6) is 0 Å². The molecular weight excluding hydrogens is 266 g/mol. The molecule has 2 aliphatic rings. The molecule has 2 saturated carbocycles. The minimum Gasteiger partial charge on any atom is -0.388 e. The Labute approximate surface area is 126 Å². The van der Waals surface area contributed by atoms with E-state index in [1.807, 2.05) is 18.2 Å². The minimum absolute atomic E-state index is 0.313. The van der Waals surface area contributed by atoms with E-state index in [1.165, 1.54) is 19.3 Å². The van der Waals surface area contributed by atoms with Crippen molar-refractivity contribution in [2.75, 3.05) is 5.32 Å². The number of anilines is 1. The lowest BCUT2D eigenvalue weighted by Crippen LogP contribution is -2.46. The monoisotopic (exact) mass is 289 g/mol. The Morgan fingerprint density at radius 2 is 2.15 bits per heavy atom. The Bertz CT molecular complexity index is 550. The molecule has 3 atom stereocenters. The van der Waals surface area contributed by atoms with E-state index in [-0.39, 0.29) is 0 Å². The lowest BCUT2D eigenvalue weighted by atomic mass is 9.68. The molecule has 20 heavy (non-hydrogen) atoms. The van der Waals surface area contributed by atoms with Gasteiger partial charge >= 0.3 is 0 Å². The van der Waals surface area contributed by atoms with Gasteiger partial charge in [0.15, 0.2) is 0 Å². The van der Waals surface area contributed by atoms with Gasteiger partial charge in [-0.3, -0.25) is 0 Å². The number of pyridine rings is 1. The highest BCUT2D eigenvalue weighted by Crippen LogP contribution is 2.62. The van der Waals surface area contributed by atoms with Crippen molar-refractivity contribution in [1.82, 2.24) is 4.98 Å². The zero-order valence-corrected chi connectivity index (χ0v) is 13.3. The molecule has 0 saturated heterocycles. The molecule has 1 heterocycles. The van der Waals surface area contributed by atoms with Crippen LogP contribution in [0.3, 0.4) is 0 Å². The summed E-state index contributed by atoms with van der Waals surface area (Å²) >= 11 is 5.01. The van der Waals surface area contributed by atoms with Crippen molar-refractivity contribution >= 4 is 23.0 Å². The molecule has 0 aromatic carbocycles. The highest BCUT2D eigenvalue weighted by Gasteiger charge is 2.59. The van der Waals surface area contributed by atoms with Crippen LogP contribution in [0.1, 0.15) is 45.7 Å². The molecule has 0 spiro atoms. The van der Waals surface area contributed by atoms with Crippen molar-refractivity contribution in [2.24, 2.45) is 22.5 Å². The summed E-state index contributed by atoms with van der Waals surface area (Å²) in [6.07, 6.45) is 4.00. The van der Waals surface area contributed by atoms with Crippen LogP contribution >= 0.6 is 12.2 Å². The Hall–Kier alpha value is -1.16. The summed E-state index contributed by atoms with van der Waals surface area (Å²) < 4.78 is 0. The summed E-state index contributed by atoms with van der Waals surface area (Å²) in [5, 5.41) is 3.67. The van der Waals surface area contributed by atoms with Crippen LogP contribution in [0.25, 0.3) is 0 Å². The van der Waals surface area contributed by atoms with Gasteiger partial charge in [-0.05, 0) is 48.1 Å². The number of fused-ring (bicyclic) bond motifs is 2. The summed E-state index contributed by atoms with van der Waals surface area (Å²) in [4.78, 5) is 4.89. The molecule has 0 radical (unpaired) electrons. The fourth-order valence-electron chi connectivity index (χ4n) is 4.46. The van der Waals surface area contributed by atoms with E-state index < -0.39 is 0 Å². The normalized spacial score (nSPS) is 34.1. The first kappa shape index (κ1) is 13.8. The van der Waals surface area contributed by atoms with Crippen molar-refractivity contribution in [2.45, 2.75) is 46.1 Å². The summed E-state index contributed by atoms with van der Waals surface area (Å²) in [5.41, 5.74) is 7.06. The van der Waals surface area contributed by atoms with Crippen molar-refractivity contribution < 1.29 is 0 Å². The van der Waals surface area contributed by atoms with Gasteiger partial charge in [0, 0.05) is 6.04 Å². The van der Waals surface area contributed by atoms with Gasteiger partial charge in [-0.2, -0.15) is 0 Å². The maximum absolute atomic E-state index is 5.67. The fraction of sp³-hybridized carbons (Fsp3) is 0.625. The Morgan fingerprint density at radius 3 is 2.75 bits per heavy atom. The summed E-state index contributed by atoms with van der Waals surface area (Å²) in [5.74, 6) is 1.71. The van der Waals surface area contributed by atoms with Gasteiger partial charge in [0.2, 0.25) is 0 Å². The molecule has 108 valence electrons. The molecule has 3 nitrogen and oxygen atoms in total. The van der Waals surface area contributed by atoms with E-state index in [1.54, 1.807) is 0 Å². The van der Waals surface area contributed by atoms with Crippen LogP contribution in [0.15, 0.2) is 18.2 Å². The number of nitrogens with one attached hydrogen (secondary N) is 1. The highest BCUT2D eigenvalue weighted by atomic mass is 32.1. The second kappa shape index (κ2) is 4.42. The standard InChI is InChI=1S/C16H23N3S/c1-15(2)10-7-8-16(3,9-10)14(15)19-12-6-4-5-11(18-12)13(17)20/h4-6,10,14H,7-9H2,1-3H3,(H2,17,20)(H,18,19). The molecule has 2 aliphatic carbocycles. The van der Waals surface area contributed by atoms with Gasteiger partial charge in [0.1, 0.15) is 10.8 Å². The predicted octanol–water partition coefficient (Wildman–Crippen LogP) is 3.34. The number of nitrogens with zero attached hydrogens (tertiary/aromatic N) is 1. The van der Waals surface area contributed by atoms with Gasteiger partial charge in [-0.15, -0.1) is 0 Å². The molecule has 3 rings (SSSR count). The maximum atomic E-state index is 5.67. The van der Waals surface area contributed by atoms with Crippen LogP contribution in [-0.4, -0.2) is 16.0 Å². The number of hydrogen-bond donors (Lipinski definition) is 2. The summed E-state index contributed by atoms with van der Waals surface area (Å²) in [6.45, 7) is 7.19. The van der Waals surface area contributed by atoms with Crippen LogP contribution in [0.4, 0.5) is 5.82 Å². The lowest BCUT2D eigenvalue weighted by Gasteiger charge is -2.43. The van der Waals surface area contributed by atoms with Crippen molar-refractivity contribution in [3.63, 3.8) is 0 Å². The summed E-state index contributed by atoms with van der Waals surface area (Å²) in [7, 11) is 0. The first-order valence-electron chi connectivity index (χ1n) is 7.36. The van der Waals surface area contributed by atoms with E-state index in [2.05, 4.69) is 31.1 Å². The second-order valence-corrected chi connectivity index (χ2v) is 7.70. The largest absolute Gasteiger partial charge is 0.388 e. The molecule has 2 fully saturated rings. The quantitative estimate of drug-likeness (QED) is 0.838. The third kappa shape index (κ3) is 2.01. The molecule has 0 aliphatic heterocycles. The number of thiocarbonyl (C=S) groups is 1. The van der Waals surface area contributed by atoms with Gasteiger partial charge < -0.3 is 11.1 Å². The van der Waals surface area contributed by atoms with Crippen LogP contribution in [0.2, 0.25) is 0 Å². The zero-order valence-electron chi connectivity index (χ0n) is 12.4. The van der Waals surface area contributed by atoms with Gasteiger partial charge in [0.05, 0.1) is 5.69 Å². The topological polar surface area (TPSA) is 50.9 Å². The Kier molecular flexibility index (Phi) is 3.05. The molecule has 4 heteroatoms. The molecule has 0 amide bonds. The van der Waals surface area contributed by atoms with Crippen LogP contribution in [-0.2, 0) is 0 Å². The number of nitrogens with two attached hydrogens (primary N) is 1. The number of rotatable bonds is 3. The van der Waals surface area contributed by atoms with E-state index in [0.29, 0.717) is 27.6 Å². The highest BCUT2D eigenvalue weighted by molar-refractivity contribution is 7.80. The lowest BCUT2D eigenvalue weighted by molar-refractivity contribution is 0.155. The molecule has 1 aromatic rings. The van der Waals surface area contributed by atoms with E-state index in [0.717, 1.165) is 11.7 Å². The molecule has 1 aromatic heterocycles. The molecule has 2 bridgehead atoms. The van der Waals surface area contributed by atoms with E-state index in [9.17, 15) is 0 Å². The van der Waals surface area contributed by atoms with Crippen LogP contribution in [0, 0.1) is 16.7 Å². The van der Waals surface area contributed by atoms with Crippen molar-refractivity contribution in [3.05, 3.63) is 23.9 Å². The van der Waals surface area contributed by atoms with Crippen molar-refractivity contribution in [3.8, 4) is 0 Å². The van der Waals surface area contributed by atoms with Gasteiger partial charge in [-0.25, -0.2) is 4.98 Å². The average Bonchev–Trinajstić information content (AvgIpc) is 2.86. The zero-order chi connectivity index (χ0) is 14.5. The average molecular weight is 289 g/mol. The van der Waals surface area contributed by atoms with Gasteiger partial charge in [0.25, 0.3) is 0 Å². The predicted molar refractivity (Wildman–Crippen MR) is 86.8 cm³/mol. The second-order valence-electron chi connectivity index (χ2n) is 7.26. The SMILES string of the molecule is CC12CCC(C1)C(C)(C)C2Nc1cccc(C(N)=S)n1. The third-order valence-corrected chi connectivity index (χ3v) is 5.77. The summed E-state index contributed by atoms with van der Waals surface area (Å²) in [6, 6.07) is 6.30. The molecule has 3 unspecified atom stereocenters. The third-order valence-electron chi connectivity index (χ3n) is 5.56. The number of hydrogen-bond acceptors (Lipinski definition) is 3. The van der Waals surface area contributed by atoms with E-state index in [4.69, 9.17) is 18.0 Å².